The number of halogens is 1. The Labute approximate surface area is 250 Å². The number of piperidine rings is 1. The number of nitrogens with zero attached hydrogens (tertiary/aromatic N) is 4. The van der Waals surface area contributed by atoms with Crippen LogP contribution in [0.1, 0.15) is 47.3 Å². The number of carbonyl (C=O) groups excluding carboxylic acids is 2. The summed E-state index contributed by atoms with van der Waals surface area (Å²) in [7, 11) is 0. The van der Waals surface area contributed by atoms with Crippen LogP contribution in [0, 0.1) is 25.6 Å². The Bertz CT molecular complexity index is 1610. The number of hydrogen-bond acceptors (Lipinski definition) is 4. The molecular weight excluding hydrogens is 547 g/mol. The van der Waals surface area contributed by atoms with E-state index < -0.39 is 0 Å². The number of fused-ring (bicyclic) bond motifs is 1. The smallest absolute Gasteiger partial charge is 0.242 e. The Balaban J connectivity index is 1.58. The van der Waals surface area contributed by atoms with E-state index in [1.54, 1.807) is 17.0 Å². The Morgan fingerprint density at radius 2 is 1.69 bits per heavy atom. The van der Waals surface area contributed by atoms with Crippen molar-refractivity contribution in [1.82, 2.24) is 14.7 Å². The van der Waals surface area contributed by atoms with E-state index >= 15 is 0 Å². The van der Waals surface area contributed by atoms with Gasteiger partial charge in [0.15, 0.2) is 0 Å². The van der Waals surface area contributed by atoms with Crippen molar-refractivity contribution in [2.45, 2.75) is 38.9 Å². The Hall–Kier alpha value is -3.91. The molecule has 8 heteroatoms. The molecule has 0 spiro atoms. The van der Waals surface area contributed by atoms with Crippen molar-refractivity contribution in [3.63, 3.8) is 0 Å². The molecule has 2 aliphatic heterocycles. The Morgan fingerprint density at radius 3 is 2.40 bits per heavy atom. The van der Waals surface area contributed by atoms with Crippen molar-refractivity contribution in [1.29, 1.82) is 0 Å². The maximum absolute atomic E-state index is 14.0. The standard InChI is InChI=1S/C34H35FN4O2S/c1-22-16-18-37(19-17-22)29(40)20-38-30(41)21-42-33(26-12-14-27(35)15-13-26)31-32(25-9-5-4-6-10-25)36-39(34(31)38)28-11-7-8-23(2)24(28)3/h4-15,22,33H,16-21H2,1-3H3. The average Bonchev–Trinajstić information content (AvgIpc) is 3.32. The van der Waals surface area contributed by atoms with E-state index in [2.05, 4.69) is 26.8 Å². The van der Waals surface area contributed by atoms with Crippen LogP contribution in [-0.2, 0) is 9.59 Å². The third-order valence-corrected chi connectivity index (χ3v) is 9.80. The first kappa shape index (κ1) is 28.2. The molecule has 2 aliphatic rings. The van der Waals surface area contributed by atoms with Crippen molar-refractivity contribution < 1.29 is 14.0 Å². The predicted molar refractivity (Wildman–Crippen MR) is 167 cm³/mol. The van der Waals surface area contributed by atoms with Gasteiger partial charge >= 0.3 is 0 Å². The molecule has 0 N–H and O–H groups in total. The van der Waals surface area contributed by atoms with E-state index in [-0.39, 0.29) is 35.2 Å². The highest BCUT2D eigenvalue weighted by Crippen LogP contribution is 2.48. The highest BCUT2D eigenvalue weighted by Gasteiger charge is 2.38. The highest BCUT2D eigenvalue weighted by atomic mass is 32.2. The number of rotatable bonds is 5. The van der Waals surface area contributed by atoms with Gasteiger partial charge in [0, 0.05) is 24.2 Å². The fourth-order valence-corrected chi connectivity index (χ4v) is 7.05. The van der Waals surface area contributed by atoms with Gasteiger partial charge in [0.05, 0.1) is 22.4 Å². The summed E-state index contributed by atoms with van der Waals surface area (Å²) >= 11 is 1.49. The van der Waals surface area contributed by atoms with Gasteiger partial charge in [0.1, 0.15) is 18.2 Å². The van der Waals surface area contributed by atoms with E-state index in [4.69, 9.17) is 5.10 Å². The minimum Gasteiger partial charge on any atom is -0.341 e. The summed E-state index contributed by atoms with van der Waals surface area (Å²) in [6.45, 7) is 7.67. The number of likely N-dealkylation sites (tertiary alicyclic amines) is 1. The summed E-state index contributed by atoms with van der Waals surface area (Å²) in [5.41, 5.74) is 6.39. The van der Waals surface area contributed by atoms with E-state index in [1.165, 1.54) is 23.9 Å². The fourth-order valence-electron chi connectivity index (χ4n) is 5.86. The van der Waals surface area contributed by atoms with Gasteiger partial charge in [-0.2, -0.15) is 5.10 Å². The predicted octanol–water partition coefficient (Wildman–Crippen LogP) is 6.72. The first-order chi connectivity index (χ1) is 20.3. The normalized spacial score (nSPS) is 17.7. The second-order valence-electron chi connectivity index (χ2n) is 11.4. The van der Waals surface area contributed by atoms with Crippen molar-refractivity contribution in [3.8, 4) is 16.9 Å². The third-order valence-electron chi connectivity index (χ3n) is 8.54. The molecule has 4 aromatic rings. The van der Waals surface area contributed by atoms with Crippen LogP contribution in [0.25, 0.3) is 16.9 Å². The maximum atomic E-state index is 14.0. The molecule has 0 aliphatic carbocycles. The van der Waals surface area contributed by atoms with Crippen molar-refractivity contribution in [2.24, 2.45) is 5.92 Å². The fraction of sp³-hybridized carbons (Fsp3) is 0.324. The quantitative estimate of drug-likeness (QED) is 0.262. The largest absolute Gasteiger partial charge is 0.341 e. The Kier molecular flexibility index (Phi) is 7.90. The van der Waals surface area contributed by atoms with Crippen LogP contribution in [0.4, 0.5) is 10.2 Å². The van der Waals surface area contributed by atoms with Crippen LogP contribution >= 0.6 is 11.8 Å². The minimum atomic E-state index is -0.314. The zero-order valence-electron chi connectivity index (χ0n) is 24.2. The summed E-state index contributed by atoms with van der Waals surface area (Å²) in [6, 6.07) is 22.5. The molecule has 0 saturated carbocycles. The summed E-state index contributed by atoms with van der Waals surface area (Å²) in [4.78, 5) is 31.3. The van der Waals surface area contributed by atoms with Crippen molar-refractivity contribution in [3.05, 3.63) is 101 Å². The molecule has 0 radical (unpaired) electrons. The lowest BCUT2D eigenvalue weighted by Gasteiger charge is -2.32. The maximum Gasteiger partial charge on any atom is 0.242 e. The van der Waals surface area contributed by atoms with Gasteiger partial charge in [-0.05, 0) is 67.5 Å². The molecule has 6 nitrogen and oxygen atoms in total. The summed E-state index contributed by atoms with van der Waals surface area (Å²) in [5, 5.41) is 4.90. The van der Waals surface area contributed by atoms with Gasteiger partial charge in [-0.1, -0.05) is 61.5 Å². The topological polar surface area (TPSA) is 58.4 Å². The van der Waals surface area contributed by atoms with E-state index in [1.807, 2.05) is 52.0 Å². The van der Waals surface area contributed by atoms with Crippen LogP contribution in [-0.4, -0.2) is 51.9 Å². The zero-order valence-corrected chi connectivity index (χ0v) is 25.0. The average molecular weight is 583 g/mol. The van der Waals surface area contributed by atoms with Gasteiger partial charge in [0.25, 0.3) is 0 Å². The number of aromatic nitrogens is 2. The van der Waals surface area contributed by atoms with Gasteiger partial charge in [0.2, 0.25) is 11.8 Å². The van der Waals surface area contributed by atoms with Crippen LogP contribution in [0.3, 0.4) is 0 Å². The Morgan fingerprint density at radius 1 is 0.976 bits per heavy atom. The molecule has 1 saturated heterocycles. The first-order valence-corrected chi connectivity index (χ1v) is 15.6. The van der Waals surface area contributed by atoms with Crippen LogP contribution < -0.4 is 4.90 Å². The highest BCUT2D eigenvalue weighted by molar-refractivity contribution is 8.00. The van der Waals surface area contributed by atoms with Gasteiger partial charge in [-0.15, -0.1) is 11.8 Å². The second kappa shape index (κ2) is 11.8. The van der Waals surface area contributed by atoms with Crippen LogP contribution in [0.5, 0.6) is 0 Å². The molecule has 1 aromatic heterocycles. The molecule has 0 bridgehead atoms. The lowest BCUT2D eigenvalue weighted by Crippen LogP contribution is -2.46. The number of aryl methyl sites for hydroxylation is 1. The van der Waals surface area contributed by atoms with Gasteiger partial charge in [-0.25, -0.2) is 9.07 Å². The first-order valence-electron chi connectivity index (χ1n) is 14.5. The molecule has 6 rings (SSSR count). The minimum absolute atomic E-state index is 0.0539. The molecule has 1 fully saturated rings. The number of carbonyl (C=O) groups is 2. The van der Waals surface area contributed by atoms with Crippen molar-refractivity contribution >= 4 is 29.4 Å². The SMILES string of the molecule is Cc1cccc(-n2nc(-c3ccccc3)c3c2N(CC(=O)N2CCC(C)CC2)C(=O)CSC3c2ccc(F)cc2)c1C. The number of amides is 2. The number of benzene rings is 3. The van der Waals surface area contributed by atoms with E-state index in [0.29, 0.717) is 24.8 Å². The molecule has 3 heterocycles. The summed E-state index contributed by atoms with van der Waals surface area (Å²) in [6.07, 6.45) is 1.93. The lowest BCUT2D eigenvalue weighted by molar-refractivity contribution is -0.132. The summed E-state index contributed by atoms with van der Waals surface area (Å²) in [5.74, 6) is 0.864. The number of anilines is 1. The monoisotopic (exact) mass is 582 g/mol. The van der Waals surface area contributed by atoms with E-state index in [0.717, 1.165) is 52.0 Å². The van der Waals surface area contributed by atoms with Crippen molar-refractivity contribution in [2.75, 3.05) is 30.3 Å². The molecule has 3 aromatic carbocycles. The summed E-state index contributed by atoms with van der Waals surface area (Å²) < 4.78 is 15.9. The second-order valence-corrected chi connectivity index (χ2v) is 12.5. The molecule has 42 heavy (non-hydrogen) atoms. The third kappa shape index (κ3) is 5.36. The number of hydrogen-bond donors (Lipinski definition) is 0. The van der Waals surface area contributed by atoms with Crippen LogP contribution in [0.2, 0.25) is 0 Å². The molecule has 1 atom stereocenters. The lowest BCUT2D eigenvalue weighted by atomic mass is 9.99. The number of thioether (sulfide) groups is 1. The molecule has 2 amide bonds. The molecular formula is C34H35FN4O2S. The zero-order chi connectivity index (χ0) is 29.4. The van der Waals surface area contributed by atoms with E-state index in [9.17, 15) is 14.0 Å². The van der Waals surface area contributed by atoms with Crippen LogP contribution in [0.15, 0.2) is 72.8 Å². The molecule has 1 unspecified atom stereocenters. The van der Waals surface area contributed by atoms with Gasteiger partial charge < -0.3 is 4.90 Å². The molecule has 216 valence electrons. The van der Waals surface area contributed by atoms with Gasteiger partial charge in [-0.3, -0.25) is 14.5 Å².